The van der Waals surface area contributed by atoms with E-state index in [-0.39, 0.29) is 0 Å². The maximum Gasteiger partial charge on any atom is 0.00721 e. The third kappa shape index (κ3) is 9.27. The Kier molecular flexibility index (Phi) is 16.0. The van der Waals surface area contributed by atoms with Crippen molar-refractivity contribution in [3.8, 4) is 0 Å². The second-order valence-corrected chi connectivity index (χ2v) is 11.9. The van der Waals surface area contributed by atoms with Crippen LogP contribution in [0.15, 0.2) is 24.3 Å². The molecule has 0 heterocycles. The fourth-order valence-electron chi connectivity index (χ4n) is 6.41. The van der Waals surface area contributed by atoms with Crippen LogP contribution in [-0.2, 0) is 38.5 Å². The zero-order valence-electron chi connectivity index (χ0n) is 26.6. The Morgan fingerprint density at radius 2 is 0.658 bits per heavy atom. The molecule has 0 saturated carbocycles. The van der Waals surface area contributed by atoms with Crippen molar-refractivity contribution in [1.82, 2.24) is 0 Å². The van der Waals surface area contributed by atoms with Crippen LogP contribution in [0, 0.1) is 0 Å². The van der Waals surface area contributed by atoms with Crippen LogP contribution in [-0.4, -0.2) is 0 Å². The molecule has 0 aliphatic carbocycles. The largest absolute Gasteiger partial charge is 0.0654 e. The van der Waals surface area contributed by atoms with Gasteiger partial charge in [-0.2, -0.15) is 0 Å². The summed E-state index contributed by atoms with van der Waals surface area (Å²) in [5, 5.41) is 0. The first-order chi connectivity index (χ1) is 18.6. The van der Waals surface area contributed by atoms with Crippen molar-refractivity contribution in [3.05, 3.63) is 68.8 Å². The van der Waals surface area contributed by atoms with Crippen molar-refractivity contribution in [3.63, 3.8) is 0 Å². The van der Waals surface area contributed by atoms with Crippen LogP contribution in [0.25, 0.3) is 0 Å². The molecular formula is C38H62. The maximum atomic E-state index is 2.59. The summed E-state index contributed by atoms with van der Waals surface area (Å²) >= 11 is 0. The monoisotopic (exact) mass is 518 g/mol. The van der Waals surface area contributed by atoms with Crippen LogP contribution >= 0.6 is 0 Å². The lowest BCUT2D eigenvalue weighted by molar-refractivity contribution is 0.706. The Morgan fingerprint density at radius 3 is 0.974 bits per heavy atom. The highest BCUT2D eigenvalue weighted by molar-refractivity contribution is 5.53. The highest BCUT2D eigenvalue weighted by atomic mass is 14.3. The quantitative estimate of drug-likeness (QED) is 0.163. The minimum atomic E-state index is 0.482. The van der Waals surface area contributed by atoms with Crippen LogP contribution in [0.1, 0.15) is 176 Å². The molecule has 2 rings (SSSR count). The standard InChI is InChI=1S/C38H62/c1-8-14-20-31-26-28-33(22-16-10-3)37(35(31)24-18-12-5)30(7)38-34(23-17-11-4)29-27-32(21-15-9-2)36(38)25-19-13-6/h26-30H,8-25H2,1-7H3. The molecule has 0 saturated heterocycles. The van der Waals surface area contributed by atoms with E-state index in [2.05, 4.69) is 72.7 Å². The van der Waals surface area contributed by atoms with Crippen molar-refractivity contribution in [2.24, 2.45) is 0 Å². The summed E-state index contributed by atoms with van der Waals surface area (Å²) < 4.78 is 0. The molecule has 0 atom stereocenters. The minimum absolute atomic E-state index is 0.482. The third-order valence-corrected chi connectivity index (χ3v) is 8.71. The summed E-state index contributed by atoms with van der Waals surface area (Å²) in [7, 11) is 0. The smallest absolute Gasteiger partial charge is 0.00721 e. The van der Waals surface area contributed by atoms with Gasteiger partial charge in [-0.15, -0.1) is 0 Å². The normalized spacial score (nSPS) is 11.6. The lowest BCUT2D eigenvalue weighted by atomic mass is 9.75. The van der Waals surface area contributed by atoms with E-state index in [1.54, 1.807) is 44.5 Å². The van der Waals surface area contributed by atoms with E-state index in [4.69, 9.17) is 0 Å². The highest BCUT2D eigenvalue weighted by Gasteiger charge is 2.25. The number of aryl methyl sites for hydroxylation is 4. The van der Waals surface area contributed by atoms with Gasteiger partial charge in [0.2, 0.25) is 0 Å². The van der Waals surface area contributed by atoms with Crippen LogP contribution < -0.4 is 0 Å². The van der Waals surface area contributed by atoms with E-state index < -0.39 is 0 Å². The molecule has 0 aliphatic heterocycles. The molecule has 0 radical (unpaired) electrons. The van der Waals surface area contributed by atoms with Gasteiger partial charge in [0.1, 0.15) is 0 Å². The van der Waals surface area contributed by atoms with Crippen LogP contribution in [0.3, 0.4) is 0 Å². The predicted octanol–water partition coefficient (Wildman–Crippen LogP) is 11.9. The molecular weight excluding hydrogens is 456 g/mol. The molecule has 0 aromatic heterocycles. The first-order valence-corrected chi connectivity index (χ1v) is 16.8. The molecule has 38 heavy (non-hydrogen) atoms. The fraction of sp³-hybridized carbons (Fsp3) is 0.684. The Balaban J connectivity index is 2.82. The third-order valence-electron chi connectivity index (χ3n) is 8.71. The zero-order valence-corrected chi connectivity index (χ0v) is 26.6. The molecule has 0 heteroatoms. The summed E-state index contributed by atoms with van der Waals surface area (Å²) in [6.45, 7) is 16.7. The van der Waals surface area contributed by atoms with Gasteiger partial charge in [0.05, 0.1) is 0 Å². The molecule has 0 bridgehead atoms. The zero-order chi connectivity index (χ0) is 27.8. The molecule has 214 valence electrons. The van der Waals surface area contributed by atoms with Crippen LogP contribution in [0.5, 0.6) is 0 Å². The van der Waals surface area contributed by atoms with Gasteiger partial charge in [0, 0.05) is 5.92 Å². The first-order valence-electron chi connectivity index (χ1n) is 16.8. The molecule has 0 spiro atoms. The molecule has 2 aromatic rings. The van der Waals surface area contributed by atoms with Gasteiger partial charge in [-0.05, 0) is 122 Å². The van der Waals surface area contributed by atoms with Crippen molar-refractivity contribution in [2.45, 2.75) is 170 Å². The Hall–Kier alpha value is -1.56. The van der Waals surface area contributed by atoms with Crippen molar-refractivity contribution >= 4 is 0 Å². The van der Waals surface area contributed by atoms with E-state index in [1.165, 1.54) is 116 Å². The van der Waals surface area contributed by atoms with E-state index in [1.807, 2.05) is 0 Å². The maximum absolute atomic E-state index is 2.59. The minimum Gasteiger partial charge on any atom is -0.0654 e. The van der Waals surface area contributed by atoms with E-state index >= 15 is 0 Å². The molecule has 0 aliphatic rings. The van der Waals surface area contributed by atoms with E-state index in [9.17, 15) is 0 Å². The SMILES string of the molecule is CCCCc1ccc(CCCC)c(C(C)c2c(CCCC)ccc(CCCC)c2CCCC)c1CCCC. The summed E-state index contributed by atoms with van der Waals surface area (Å²) in [5.74, 6) is 0.482. The molecule has 2 aromatic carbocycles. The highest BCUT2D eigenvalue weighted by Crippen LogP contribution is 2.39. The van der Waals surface area contributed by atoms with Gasteiger partial charge in [0.15, 0.2) is 0 Å². The summed E-state index contributed by atoms with van der Waals surface area (Å²) in [6, 6.07) is 10.1. The number of benzene rings is 2. The van der Waals surface area contributed by atoms with E-state index in [0.29, 0.717) is 5.92 Å². The van der Waals surface area contributed by atoms with Crippen molar-refractivity contribution < 1.29 is 0 Å². The van der Waals surface area contributed by atoms with Crippen molar-refractivity contribution in [2.75, 3.05) is 0 Å². The van der Waals surface area contributed by atoms with E-state index in [0.717, 1.165) is 0 Å². The topological polar surface area (TPSA) is 0 Å². The Labute approximate surface area is 238 Å². The second kappa shape index (κ2) is 18.7. The summed E-state index contributed by atoms with van der Waals surface area (Å²) in [5.41, 5.74) is 13.5. The van der Waals surface area contributed by atoms with Crippen LogP contribution in [0.2, 0.25) is 0 Å². The molecule has 0 amide bonds. The summed E-state index contributed by atoms with van der Waals surface area (Å²) in [6.07, 6.45) is 22.9. The molecule has 0 N–H and O–H groups in total. The lowest BCUT2D eigenvalue weighted by Gasteiger charge is -2.29. The van der Waals surface area contributed by atoms with Gasteiger partial charge in [-0.25, -0.2) is 0 Å². The van der Waals surface area contributed by atoms with Gasteiger partial charge >= 0.3 is 0 Å². The Morgan fingerprint density at radius 1 is 0.395 bits per heavy atom. The number of unbranched alkanes of at least 4 members (excludes halogenated alkanes) is 6. The Bertz CT molecular complexity index is 843. The second-order valence-electron chi connectivity index (χ2n) is 11.9. The van der Waals surface area contributed by atoms with Gasteiger partial charge in [-0.1, -0.05) is 111 Å². The van der Waals surface area contributed by atoms with Gasteiger partial charge in [-0.3, -0.25) is 0 Å². The van der Waals surface area contributed by atoms with Crippen molar-refractivity contribution in [1.29, 1.82) is 0 Å². The molecule has 0 unspecified atom stereocenters. The van der Waals surface area contributed by atoms with Gasteiger partial charge in [0.25, 0.3) is 0 Å². The molecule has 0 nitrogen and oxygen atoms in total. The average Bonchev–Trinajstić information content (AvgIpc) is 2.94. The average molecular weight is 519 g/mol. The number of hydrogen-bond acceptors (Lipinski definition) is 0. The lowest BCUT2D eigenvalue weighted by Crippen LogP contribution is -2.15. The van der Waals surface area contributed by atoms with Crippen LogP contribution in [0.4, 0.5) is 0 Å². The summed E-state index contributed by atoms with van der Waals surface area (Å²) in [4.78, 5) is 0. The van der Waals surface area contributed by atoms with Gasteiger partial charge < -0.3 is 0 Å². The predicted molar refractivity (Wildman–Crippen MR) is 172 cm³/mol. The first kappa shape index (κ1) is 32.7. The fourth-order valence-corrected chi connectivity index (χ4v) is 6.41. The number of hydrogen-bond donors (Lipinski definition) is 0. The number of rotatable bonds is 20. The molecule has 0 fully saturated rings.